The van der Waals surface area contributed by atoms with Crippen molar-refractivity contribution in [2.45, 2.75) is 45.3 Å². The number of rotatable bonds is 6. The molecule has 2 rings (SSSR count). The van der Waals surface area contributed by atoms with Crippen LogP contribution in [0.2, 0.25) is 0 Å². The van der Waals surface area contributed by atoms with Crippen molar-refractivity contribution in [1.82, 2.24) is 10.2 Å². The molecule has 0 radical (unpaired) electrons. The van der Waals surface area contributed by atoms with E-state index >= 15 is 0 Å². The lowest BCUT2D eigenvalue weighted by Crippen LogP contribution is -2.43. The molecule has 2 saturated heterocycles. The fraction of sp³-hybridized carbons (Fsp3) is 1.00. The highest BCUT2D eigenvalue weighted by molar-refractivity contribution is 4.84. The van der Waals surface area contributed by atoms with E-state index in [9.17, 15) is 0 Å². The van der Waals surface area contributed by atoms with E-state index in [0.717, 1.165) is 19.0 Å². The zero-order valence-electron chi connectivity index (χ0n) is 10.7. The Hall–Kier alpha value is -0.120. The van der Waals surface area contributed by atoms with Gasteiger partial charge >= 0.3 is 0 Å². The summed E-state index contributed by atoms with van der Waals surface area (Å²) in [6.07, 6.45) is 4.93. The molecule has 3 heteroatoms. The first kappa shape index (κ1) is 12.3. The maximum atomic E-state index is 5.83. The van der Waals surface area contributed by atoms with Gasteiger partial charge in [-0.15, -0.1) is 0 Å². The highest BCUT2D eigenvalue weighted by Crippen LogP contribution is 2.25. The van der Waals surface area contributed by atoms with Crippen molar-refractivity contribution in [3.8, 4) is 0 Å². The molecule has 0 aromatic carbocycles. The number of hydrogen-bond donors (Lipinski definition) is 1. The largest absolute Gasteiger partial charge is 0.372 e. The zero-order chi connectivity index (χ0) is 11.4. The molecular formula is C13H26N2O. The summed E-state index contributed by atoms with van der Waals surface area (Å²) in [6, 6.07) is 0. The van der Waals surface area contributed by atoms with Gasteiger partial charge in [-0.3, -0.25) is 4.90 Å². The molecule has 16 heavy (non-hydrogen) atoms. The molecule has 0 aromatic heterocycles. The Labute approximate surface area is 99.5 Å². The van der Waals surface area contributed by atoms with Gasteiger partial charge in [0.05, 0.1) is 12.2 Å². The summed E-state index contributed by atoms with van der Waals surface area (Å²) < 4.78 is 5.83. The lowest BCUT2D eigenvalue weighted by Gasteiger charge is -2.32. The minimum Gasteiger partial charge on any atom is -0.372 e. The highest BCUT2D eigenvalue weighted by atomic mass is 16.5. The van der Waals surface area contributed by atoms with Gasteiger partial charge in [-0.1, -0.05) is 13.8 Å². The molecule has 2 atom stereocenters. The van der Waals surface area contributed by atoms with Gasteiger partial charge in [0.1, 0.15) is 0 Å². The van der Waals surface area contributed by atoms with Gasteiger partial charge in [-0.05, 0) is 44.8 Å². The second kappa shape index (κ2) is 5.99. The maximum absolute atomic E-state index is 5.83. The Balaban J connectivity index is 1.53. The third-order valence-corrected chi connectivity index (χ3v) is 3.50. The molecule has 2 unspecified atom stereocenters. The Morgan fingerprint density at radius 1 is 1.25 bits per heavy atom. The van der Waals surface area contributed by atoms with Crippen LogP contribution in [0.5, 0.6) is 0 Å². The van der Waals surface area contributed by atoms with Crippen LogP contribution in [0.25, 0.3) is 0 Å². The van der Waals surface area contributed by atoms with Crippen LogP contribution in [0.4, 0.5) is 0 Å². The summed E-state index contributed by atoms with van der Waals surface area (Å²) >= 11 is 0. The number of likely N-dealkylation sites (tertiary alicyclic amines) is 1. The fourth-order valence-electron chi connectivity index (χ4n) is 2.70. The van der Waals surface area contributed by atoms with E-state index in [4.69, 9.17) is 4.74 Å². The molecule has 1 N–H and O–H groups in total. The van der Waals surface area contributed by atoms with Crippen molar-refractivity contribution in [1.29, 1.82) is 0 Å². The van der Waals surface area contributed by atoms with Crippen molar-refractivity contribution < 1.29 is 4.74 Å². The molecule has 0 spiro atoms. The fourth-order valence-corrected chi connectivity index (χ4v) is 2.70. The quantitative estimate of drug-likeness (QED) is 0.694. The highest BCUT2D eigenvalue weighted by Gasteiger charge is 2.32. The summed E-state index contributed by atoms with van der Waals surface area (Å²) in [4.78, 5) is 2.59. The molecule has 2 bridgehead atoms. The van der Waals surface area contributed by atoms with Crippen LogP contribution in [0, 0.1) is 5.92 Å². The van der Waals surface area contributed by atoms with Gasteiger partial charge in [0.2, 0.25) is 0 Å². The Bertz CT molecular complexity index is 196. The van der Waals surface area contributed by atoms with E-state index in [1.807, 2.05) is 0 Å². The second-order valence-corrected chi connectivity index (χ2v) is 5.67. The Kier molecular flexibility index (Phi) is 4.62. The Morgan fingerprint density at radius 3 is 2.56 bits per heavy atom. The van der Waals surface area contributed by atoms with Crippen molar-refractivity contribution in [3.63, 3.8) is 0 Å². The Morgan fingerprint density at radius 2 is 1.94 bits per heavy atom. The molecule has 3 nitrogen and oxygen atoms in total. The molecular weight excluding hydrogens is 200 g/mol. The van der Waals surface area contributed by atoms with Gasteiger partial charge < -0.3 is 10.1 Å². The van der Waals surface area contributed by atoms with E-state index in [0.29, 0.717) is 12.2 Å². The van der Waals surface area contributed by atoms with Crippen LogP contribution in [0.15, 0.2) is 0 Å². The third-order valence-electron chi connectivity index (χ3n) is 3.50. The summed E-state index contributed by atoms with van der Waals surface area (Å²) in [7, 11) is 0. The normalized spacial score (nSPS) is 30.2. The topological polar surface area (TPSA) is 24.5 Å². The summed E-state index contributed by atoms with van der Waals surface area (Å²) in [5.41, 5.74) is 0. The number of ether oxygens (including phenoxy) is 1. The van der Waals surface area contributed by atoms with Gasteiger partial charge in [0.25, 0.3) is 0 Å². The molecule has 0 aliphatic carbocycles. The smallest absolute Gasteiger partial charge is 0.0707 e. The maximum Gasteiger partial charge on any atom is 0.0707 e. The van der Waals surface area contributed by atoms with Crippen molar-refractivity contribution in [2.24, 2.45) is 5.92 Å². The van der Waals surface area contributed by atoms with Crippen LogP contribution in [0.1, 0.15) is 33.1 Å². The minimum absolute atomic E-state index is 0.544. The van der Waals surface area contributed by atoms with Crippen LogP contribution >= 0.6 is 0 Å². The summed E-state index contributed by atoms with van der Waals surface area (Å²) in [5, 5.41) is 3.50. The molecule has 0 amide bonds. The van der Waals surface area contributed by atoms with Crippen molar-refractivity contribution in [3.05, 3.63) is 0 Å². The minimum atomic E-state index is 0.544. The number of hydrogen-bond acceptors (Lipinski definition) is 3. The molecule has 2 heterocycles. The van der Waals surface area contributed by atoms with Gasteiger partial charge in [-0.25, -0.2) is 0 Å². The number of nitrogens with one attached hydrogen (secondary N) is 1. The first-order valence-electron chi connectivity index (χ1n) is 6.82. The average molecular weight is 226 g/mol. The van der Waals surface area contributed by atoms with Crippen molar-refractivity contribution in [2.75, 3.05) is 32.7 Å². The van der Waals surface area contributed by atoms with E-state index in [1.165, 1.54) is 38.9 Å². The first-order valence-corrected chi connectivity index (χ1v) is 6.82. The number of nitrogens with zero attached hydrogens (tertiary/aromatic N) is 1. The number of fused-ring (bicyclic) bond motifs is 2. The predicted molar refractivity (Wildman–Crippen MR) is 66.7 cm³/mol. The van der Waals surface area contributed by atoms with E-state index < -0.39 is 0 Å². The zero-order valence-corrected chi connectivity index (χ0v) is 10.7. The predicted octanol–water partition coefficient (Wildman–Crippen LogP) is 1.49. The van der Waals surface area contributed by atoms with E-state index in [-0.39, 0.29) is 0 Å². The average Bonchev–Trinajstić information content (AvgIpc) is 2.57. The SMILES string of the molecule is CC(C)CNCCCN1CC2CCC(C1)O2. The second-order valence-electron chi connectivity index (χ2n) is 5.67. The van der Waals surface area contributed by atoms with Crippen LogP contribution in [0.3, 0.4) is 0 Å². The molecule has 2 fully saturated rings. The van der Waals surface area contributed by atoms with Crippen LogP contribution in [-0.2, 0) is 4.74 Å². The molecule has 2 aliphatic rings. The monoisotopic (exact) mass is 226 g/mol. The first-order chi connectivity index (χ1) is 7.74. The van der Waals surface area contributed by atoms with Crippen LogP contribution < -0.4 is 5.32 Å². The van der Waals surface area contributed by atoms with Gasteiger partial charge in [0, 0.05) is 13.1 Å². The van der Waals surface area contributed by atoms with Gasteiger partial charge in [0.15, 0.2) is 0 Å². The van der Waals surface area contributed by atoms with Gasteiger partial charge in [-0.2, -0.15) is 0 Å². The summed E-state index contributed by atoms with van der Waals surface area (Å²) in [6.45, 7) is 10.4. The molecule has 0 saturated carbocycles. The van der Waals surface area contributed by atoms with E-state index in [1.54, 1.807) is 0 Å². The molecule has 0 aromatic rings. The lowest BCUT2D eigenvalue weighted by atomic mass is 10.2. The number of morpholine rings is 1. The summed E-state index contributed by atoms with van der Waals surface area (Å²) in [5.74, 6) is 0.763. The van der Waals surface area contributed by atoms with Crippen LogP contribution in [-0.4, -0.2) is 49.8 Å². The lowest BCUT2D eigenvalue weighted by molar-refractivity contribution is -0.0383. The van der Waals surface area contributed by atoms with Crippen molar-refractivity contribution >= 4 is 0 Å². The standard InChI is InChI=1S/C13H26N2O/c1-11(2)8-14-6-3-7-15-9-12-4-5-13(10-15)16-12/h11-14H,3-10H2,1-2H3. The molecule has 94 valence electrons. The third kappa shape index (κ3) is 3.72. The molecule has 2 aliphatic heterocycles. The van der Waals surface area contributed by atoms with E-state index in [2.05, 4.69) is 24.1 Å².